The minimum Gasteiger partial charge on any atom is -0.495 e. The van der Waals surface area contributed by atoms with Crippen LogP contribution in [0, 0.1) is 24.7 Å². The molecule has 0 aromatic heterocycles. The fourth-order valence-electron chi connectivity index (χ4n) is 4.54. The predicted octanol–water partition coefficient (Wildman–Crippen LogP) is 6.14. The smallest absolute Gasteiger partial charge is 0.335 e. The number of methoxy groups -OCH3 is 1. The summed E-state index contributed by atoms with van der Waals surface area (Å²) < 4.78 is 5.34. The van der Waals surface area contributed by atoms with Crippen LogP contribution in [0.5, 0.6) is 5.75 Å². The Kier molecular flexibility index (Phi) is 10.0. The van der Waals surface area contributed by atoms with Crippen LogP contribution in [0.25, 0.3) is 6.08 Å². The number of ether oxygens (including phenoxy) is 1. The molecule has 1 aliphatic heterocycles. The van der Waals surface area contributed by atoms with Gasteiger partial charge in [-0.2, -0.15) is 0 Å². The van der Waals surface area contributed by atoms with E-state index in [0.717, 1.165) is 31.5 Å². The van der Waals surface area contributed by atoms with Crippen molar-refractivity contribution in [3.63, 3.8) is 0 Å². The Labute approximate surface area is 222 Å². The second kappa shape index (κ2) is 13.2. The first-order valence-corrected chi connectivity index (χ1v) is 13.2. The molecule has 1 aliphatic rings. The molecule has 2 aromatic rings. The fraction of sp³-hybridized carbons (Fsp3) is 0.452. The van der Waals surface area contributed by atoms with Gasteiger partial charge in [0.15, 0.2) is 0 Å². The van der Waals surface area contributed by atoms with Gasteiger partial charge in [0.1, 0.15) is 5.75 Å². The van der Waals surface area contributed by atoms with Gasteiger partial charge in [-0.25, -0.2) is 4.79 Å². The molecule has 3 rings (SSSR count). The molecular formula is C31H41N3O3. The number of likely N-dealkylation sites (tertiary alicyclic amines) is 1. The van der Waals surface area contributed by atoms with Gasteiger partial charge in [0.25, 0.3) is 0 Å². The van der Waals surface area contributed by atoms with Crippen molar-refractivity contribution in [2.24, 2.45) is 5.92 Å². The van der Waals surface area contributed by atoms with Gasteiger partial charge in [0, 0.05) is 42.0 Å². The predicted molar refractivity (Wildman–Crippen MR) is 154 cm³/mol. The highest BCUT2D eigenvalue weighted by Crippen LogP contribution is 2.28. The van der Waals surface area contributed by atoms with Gasteiger partial charge in [-0.15, -0.1) is 0 Å². The standard InChI is InChI=1S/C31H41N3O3/c1-21(2)24(10-8-16-32-29-13-12-25(31(35)36)20-30(29)37-6)19-27-23(5)9-7-11-28(27)33-26-14-17-34(18-15-26)22(3)4/h7,9,11-13,19-22,26,32-33H,14-18H2,1-6H3,(H,35,36)/b24-19-. The van der Waals surface area contributed by atoms with Crippen LogP contribution in [0.2, 0.25) is 0 Å². The van der Waals surface area contributed by atoms with Gasteiger partial charge < -0.3 is 25.4 Å². The van der Waals surface area contributed by atoms with E-state index in [1.807, 2.05) is 0 Å². The number of carboxylic acids is 1. The molecule has 0 bridgehead atoms. The molecule has 3 N–H and O–H groups in total. The van der Waals surface area contributed by atoms with Gasteiger partial charge in [0.2, 0.25) is 0 Å². The number of rotatable bonds is 9. The third-order valence-electron chi connectivity index (χ3n) is 6.91. The maximum absolute atomic E-state index is 11.2. The maximum Gasteiger partial charge on any atom is 0.335 e. The third-order valence-corrected chi connectivity index (χ3v) is 6.91. The molecule has 0 amide bonds. The van der Waals surface area contributed by atoms with Crippen molar-refractivity contribution in [1.82, 2.24) is 4.90 Å². The van der Waals surface area contributed by atoms with Crippen molar-refractivity contribution in [2.75, 3.05) is 37.4 Å². The number of carboxylic acid groups (broad SMARTS) is 1. The number of nitrogens with zero attached hydrogens (tertiary/aromatic N) is 1. The van der Waals surface area contributed by atoms with E-state index in [-0.39, 0.29) is 11.5 Å². The molecule has 1 heterocycles. The molecule has 0 unspecified atom stereocenters. The molecular weight excluding hydrogens is 462 g/mol. The van der Waals surface area contributed by atoms with Crippen molar-refractivity contribution >= 4 is 23.4 Å². The Morgan fingerprint density at radius 1 is 1.16 bits per heavy atom. The van der Waals surface area contributed by atoms with Gasteiger partial charge in [0.05, 0.1) is 24.9 Å². The van der Waals surface area contributed by atoms with E-state index in [1.54, 1.807) is 12.1 Å². The summed E-state index contributed by atoms with van der Waals surface area (Å²) in [5.41, 5.74) is 5.57. The number of nitrogens with one attached hydrogen (secondary N) is 2. The molecule has 0 radical (unpaired) electrons. The summed E-state index contributed by atoms with van der Waals surface area (Å²) in [7, 11) is 1.53. The first-order valence-electron chi connectivity index (χ1n) is 13.2. The van der Waals surface area contributed by atoms with E-state index in [2.05, 4.69) is 86.3 Å². The first-order chi connectivity index (χ1) is 17.7. The summed E-state index contributed by atoms with van der Waals surface area (Å²) >= 11 is 0. The van der Waals surface area contributed by atoms with Crippen molar-refractivity contribution < 1.29 is 14.6 Å². The molecule has 198 valence electrons. The average molecular weight is 504 g/mol. The summed E-state index contributed by atoms with van der Waals surface area (Å²) in [6.07, 6.45) is 4.52. The van der Waals surface area contributed by atoms with E-state index < -0.39 is 5.97 Å². The number of benzene rings is 2. The molecule has 0 atom stereocenters. The lowest BCUT2D eigenvalue weighted by Crippen LogP contribution is -2.42. The number of piperidine rings is 1. The summed E-state index contributed by atoms with van der Waals surface area (Å²) in [5, 5.41) is 16.3. The lowest BCUT2D eigenvalue weighted by molar-refractivity contribution is 0.0696. The Balaban J connectivity index is 1.74. The number of aryl methyl sites for hydroxylation is 1. The van der Waals surface area contributed by atoms with Crippen LogP contribution < -0.4 is 15.4 Å². The zero-order valence-corrected chi connectivity index (χ0v) is 23.0. The van der Waals surface area contributed by atoms with Crippen molar-refractivity contribution in [1.29, 1.82) is 0 Å². The first kappa shape index (κ1) is 28.1. The number of carbonyl (C=O) groups is 1. The van der Waals surface area contributed by atoms with E-state index in [0.29, 0.717) is 30.1 Å². The number of hydrogen-bond donors (Lipinski definition) is 3. The van der Waals surface area contributed by atoms with Gasteiger partial charge in [-0.1, -0.05) is 37.8 Å². The van der Waals surface area contributed by atoms with E-state index in [9.17, 15) is 9.90 Å². The average Bonchev–Trinajstić information content (AvgIpc) is 2.87. The van der Waals surface area contributed by atoms with Crippen LogP contribution in [0.1, 0.15) is 62.0 Å². The monoisotopic (exact) mass is 503 g/mol. The SMILES string of the molecule is COc1cc(C(=O)O)ccc1NCC#C/C(=C/c1c(C)cccc1NC1CCN(C(C)C)CC1)C(C)C. The summed E-state index contributed by atoms with van der Waals surface area (Å²) in [6.45, 7) is 13.7. The van der Waals surface area contributed by atoms with Crippen molar-refractivity contribution in [3.05, 3.63) is 58.7 Å². The topological polar surface area (TPSA) is 73.8 Å². The molecule has 0 spiro atoms. The quantitative estimate of drug-likeness (QED) is 0.357. The van der Waals surface area contributed by atoms with Crippen LogP contribution >= 0.6 is 0 Å². The summed E-state index contributed by atoms with van der Waals surface area (Å²) in [6, 6.07) is 12.3. The van der Waals surface area contributed by atoms with E-state index in [4.69, 9.17) is 4.74 Å². The largest absolute Gasteiger partial charge is 0.495 e. The molecule has 1 fully saturated rings. The number of allylic oxidation sites excluding steroid dienone is 1. The van der Waals surface area contributed by atoms with Gasteiger partial charge >= 0.3 is 5.97 Å². The van der Waals surface area contributed by atoms with Crippen LogP contribution in [0.4, 0.5) is 11.4 Å². The molecule has 1 saturated heterocycles. The van der Waals surface area contributed by atoms with Gasteiger partial charge in [-0.05, 0) is 75.4 Å². The number of hydrogen-bond acceptors (Lipinski definition) is 5. The highest BCUT2D eigenvalue weighted by molar-refractivity contribution is 5.89. The Bertz CT molecular complexity index is 1170. The number of aromatic carboxylic acids is 1. The number of anilines is 2. The minimum atomic E-state index is -0.984. The van der Waals surface area contributed by atoms with Crippen LogP contribution in [-0.4, -0.2) is 54.8 Å². The minimum absolute atomic E-state index is 0.187. The summed E-state index contributed by atoms with van der Waals surface area (Å²) in [5.74, 6) is 6.37. The fourth-order valence-corrected chi connectivity index (χ4v) is 4.54. The Hall–Kier alpha value is -3.43. The van der Waals surface area contributed by atoms with Crippen LogP contribution in [-0.2, 0) is 0 Å². The zero-order valence-electron chi connectivity index (χ0n) is 23.0. The zero-order chi connectivity index (χ0) is 26.9. The highest BCUT2D eigenvalue weighted by atomic mass is 16.5. The van der Waals surface area contributed by atoms with E-state index in [1.165, 1.54) is 30.0 Å². The molecule has 6 heteroatoms. The lowest BCUT2D eigenvalue weighted by Gasteiger charge is -2.35. The van der Waals surface area contributed by atoms with Crippen molar-refractivity contribution in [3.8, 4) is 17.6 Å². The van der Waals surface area contributed by atoms with E-state index >= 15 is 0 Å². The highest BCUT2D eigenvalue weighted by Gasteiger charge is 2.21. The second-order valence-corrected chi connectivity index (χ2v) is 10.2. The molecule has 0 aliphatic carbocycles. The normalized spacial score (nSPS) is 14.9. The van der Waals surface area contributed by atoms with Crippen molar-refractivity contribution in [2.45, 2.75) is 59.5 Å². The van der Waals surface area contributed by atoms with Gasteiger partial charge in [-0.3, -0.25) is 0 Å². The lowest BCUT2D eigenvalue weighted by atomic mass is 9.96. The third kappa shape index (κ3) is 7.77. The maximum atomic E-state index is 11.2. The molecule has 6 nitrogen and oxygen atoms in total. The van der Waals surface area contributed by atoms with Crippen LogP contribution in [0.15, 0.2) is 42.0 Å². The summed E-state index contributed by atoms with van der Waals surface area (Å²) in [4.78, 5) is 13.8. The Morgan fingerprint density at radius 3 is 2.51 bits per heavy atom. The molecule has 0 saturated carbocycles. The molecule has 37 heavy (non-hydrogen) atoms. The molecule has 2 aromatic carbocycles. The second-order valence-electron chi connectivity index (χ2n) is 10.2. The van der Waals surface area contributed by atoms with Crippen LogP contribution in [0.3, 0.4) is 0 Å². The Morgan fingerprint density at radius 2 is 1.89 bits per heavy atom.